The lowest BCUT2D eigenvalue weighted by molar-refractivity contribution is 0.0680. The van der Waals surface area contributed by atoms with Crippen LogP contribution >= 0.6 is 11.6 Å². The molecule has 0 radical (unpaired) electrons. The average molecular weight is 310 g/mol. The number of para-hydroxylation sites is 1. The minimum absolute atomic E-state index is 0.0259. The molecule has 4 nitrogen and oxygen atoms in total. The van der Waals surface area contributed by atoms with Crippen molar-refractivity contribution >= 4 is 17.5 Å². The molecule has 0 aliphatic carbocycles. The van der Waals surface area contributed by atoms with Gasteiger partial charge in [-0.25, -0.2) is 0 Å². The van der Waals surface area contributed by atoms with Crippen molar-refractivity contribution in [3.05, 3.63) is 23.8 Å². The zero-order valence-corrected chi connectivity index (χ0v) is 12.9. The van der Waals surface area contributed by atoms with Crippen molar-refractivity contribution in [3.8, 4) is 11.5 Å². The van der Waals surface area contributed by atoms with Gasteiger partial charge in [-0.05, 0) is 37.8 Å². The Morgan fingerprint density at radius 2 is 2.00 bits per heavy atom. The predicted octanol–water partition coefficient (Wildman–Crippen LogP) is 2.94. The summed E-state index contributed by atoms with van der Waals surface area (Å²) in [4.78, 5) is 14.6. The molecule has 0 spiro atoms. The molecule has 1 amide bonds. The highest BCUT2D eigenvalue weighted by atomic mass is 35.5. The Hall–Kier alpha value is -1.42. The summed E-state index contributed by atoms with van der Waals surface area (Å²) in [6.45, 7) is 4.56. The van der Waals surface area contributed by atoms with Crippen LogP contribution in [-0.4, -0.2) is 42.5 Å². The van der Waals surface area contributed by atoms with Gasteiger partial charge in [0, 0.05) is 18.5 Å². The van der Waals surface area contributed by atoms with Crippen LogP contribution in [0.3, 0.4) is 0 Å². The molecule has 1 saturated heterocycles. The molecule has 1 fully saturated rings. The second-order valence-electron chi connectivity index (χ2n) is 5.64. The molecule has 1 aromatic rings. The first-order chi connectivity index (χ1) is 10.2. The molecule has 114 valence electrons. The third kappa shape index (κ3) is 2.95. The molecule has 2 aliphatic rings. The van der Waals surface area contributed by atoms with Crippen molar-refractivity contribution < 1.29 is 14.3 Å². The van der Waals surface area contributed by atoms with E-state index in [4.69, 9.17) is 21.1 Å². The van der Waals surface area contributed by atoms with E-state index in [1.54, 1.807) is 0 Å². The molecule has 3 rings (SSSR count). The third-order valence-corrected chi connectivity index (χ3v) is 4.63. The van der Waals surface area contributed by atoms with E-state index in [2.05, 4.69) is 0 Å². The van der Waals surface area contributed by atoms with Gasteiger partial charge < -0.3 is 14.4 Å². The number of hydrogen-bond donors (Lipinski definition) is 0. The summed E-state index contributed by atoms with van der Waals surface area (Å²) >= 11 is 6.16. The Bertz CT molecular complexity index is 524. The Labute approximate surface area is 130 Å². The zero-order chi connectivity index (χ0) is 14.8. The van der Waals surface area contributed by atoms with Crippen molar-refractivity contribution in [2.24, 2.45) is 5.92 Å². The number of ether oxygens (including phenoxy) is 2. The summed E-state index contributed by atoms with van der Waals surface area (Å²) in [5.41, 5.74) is 0.601. The quantitative estimate of drug-likeness (QED) is 0.789. The first-order valence-electron chi connectivity index (χ1n) is 7.49. The number of halogens is 1. The standard InChI is InChI=1S/C16H20ClNO3/c1-11(17)12-5-7-18(8-6-12)16(19)13-3-2-4-14-15(13)21-10-9-20-14/h2-4,11-12H,5-10H2,1H3. The molecule has 2 heterocycles. The van der Waals surface area contributed by atoms with Crippen LogP contribution in [0.15, 0.2) is 18.2 Å². The van der Waals surface area contributed by atoms with Crippen LogP contribution in [0.4, 0.5) is 0 Å². The minimum atomic E-state index is 0.0259. The molecule has 2 aliphatic heterocycles. The van der Waals surface area contributed by atoms with Crippen molar-refractivity contribution in [2.75, 3.05) is 26.3 Å². The Morgan fingerprint density at radius 3 is 2.71 bits per heavy atom. The maximum atomic E-state index is 12.7. The van der Waals surface area contributed by atoms with Crippen molar-refractivity contribution in [1.29, 1.82) is 0 Å². The average Bonchev–Trinajstić information content (AvgIpc) is 2.53. The molecular weight excluding hydrogens is 290 g/mol. The molecule has 1 unspecified atom stereocenters. The molecule has 0 aromatic heterocycles. The Morgan fingerprint density at radius 1 is 1.29 bits per heavy atom. The van der Waals surface area contributed by atoms with Gasteiger partial charge in [-0.3, -0.25) is 4.79 Å². The SMILES string of the molecule is CC(Cl)C1CCN(C(=O)c2cccc3c2OCCO3)CC1. The predicted molar refractivity (Wildman–Crippen MR) is 81.4 cm³/mol. The highest BCUT2D eigenvalue weighted by Gasteiger charge is 2.29. The van der Waals surface area contributed by atoms with Crippen molar-refractivity contribution in [1.82, 2.24) is 4.90 Å². The fourth-order valence-corrected chi connectivity index (χ4v) is 3.23. The largest absolute Gasteiger partial charge is 0.486 e. The number of rotatable bonds is 2. The van der Waals surface area contributed by atoms with E-state index in [1.165, 1.54) is 0 Å². The van der Waals surface area contributed by atoms with Gasteiger partial charge in [0.2, 0.25) is 0 Å². The number of carbonyl (C=O) groups is 1. The number of fused-ring (bicyclic) bond motifs is 1. The number of hydrogen-bond acceptors (Lipinski definition) is 3. The maximum Gasteiger partial charge on any atom is 0.257 e. The van der Waals surface area contributed by atoms with Gasteiger partial charge in [0.05, 0.1) is 5.56 Å². The minimum Gasteiger partial charge on any atom is -0.486 e. The number of benzene rings is 1. The second-order valence-corrected chi connectivity index (χ2v) is 6.33. The first kappa shape index (κ1) is 14.5. The van der Waals surface area contributed by atoms with Crippen LogP contribution in [0, 0.1) is 5.92 Å². The lowest BCUT2D eigenvalue weighted by atomic mass is 9.93. The van der Waals surface area contributed by atoms with E-state index >= 15 is 0 Å². The number of likely N-dealkylation sites (tertiary alicyclic amines) is 1. The molecule has 21 heavy (non-hydrogen) atoms. The molecule has 1 aromatic carbocycles. The van der Waals surface area contributed by atoms with Crippen LogP contribution in [0.1, 0.15) is 30.1 Å². The normalized spacial score (nSPS) is 20.2. The van der Waals surface area contributed by atoms with Crippen LogP contribution < -0.4 is 9.47 Å². The van der Waals surface area contributed by atoms with Gasteiger partial charge in [0.15, 0.2) is 11.5 Å². The fraction of sp³-hybridized carbons (Fsp3) is 0.562. The van der Waals surface area contributed by atoms with E-state index in [0.717, 1.165) is 25.9 Å². The van der Waals surface area contributed by atoms with Crippen LogP contribution in [0.25, 0.3) is 0 Å². The van der Waals surface area contributed by atoms with Gasteiger partial charge >= 0.3 is 0 Å². The smallest absolute Gasteiger partial charge is 0.257 e. The zero-order valence-electron chi connectivity index (χ0n) is 12.2. The third-order valence-electron chi connectivity index (χ3n) is 4.27. The number of amides is 1. The van der Waals surface area contributed by atoms with Crippen molar-refractivity contribution in [2.45, 2.75) is 25.1 Å². The van der Waals surface area contributed by atoms with Crippen LogP contribution in [0.5, 0.6) is 11.5 Å². The van der Waals surface area contributed by atoms with E-state index in [1.807, 2.05) is 30.0 Å². The van der Waals surface area contributed by atoms with E-state index in [0.29, 0.717) is 36.2 Å². The summed E-state index contributed by atoms with van der Waals surface area (Å²) in [5, 5.41) is 0.170. The number of carbonyl (C=O) groups excluding carboxylic acids is 1. The topological polar surface area (TPSA) is 38.8 Å². The fourth-order valence-electron chi connectivity index (χ4n) is 2.97. The van der Waals surface area contributed by atoms with E-state index in [-0.39, 0.29) is 11.3 Å². The first-order valence-corrected chi connectivity index (χ1v) is 7.92. The highest BCUT2D eigenvalue weighted by Crippen LogP contribution is 2.35. The highest BCUT2D eigenvalue weighted by molar-refractivity contribution is 6.20. The Kier molecular flexibility index (Phi) is 4.24. The number of alkyl halides is 1. The molecule has 0 N–H and O–H groups in total. The van der Waals surface area contributed by atoms with E-state index in [9.17, 15) is 4.79 Å². The lowest BCUT2D eigenvalue weighted by Crippen LogP contribution is -2.40. The molecule has 1 atom stereocenters. The monoisotopic (exact) mass is 309 g/mol. The van der Waals surface area contributed by atoms with Gasteiger partial charge in [0.25, 0.3) is 5.91 Å². The molecule has 0 bridgehead atoms. The maximum absolute atomic E-state index is 12.7. The van der Waals surface area contributed by atoms with Crippen LogP contribution in [0.2, 0.25) is 0 Å². The van der Waals surface area contributed by atoms with Gasteiger partial charge in [-0.1, -0.05) is 6.07 Å². The van der Waals surface area contributed by atoms with Crippen LogP contribution in [-0.2, 0) is 0 Å². The van der Waals surface area contributed by atoms with Gasteiger partial charge in [0.1, 0.15) is 13.2 Å². The summed E-state index contributed by atoms with van der Waals surface area (Å²) in [7, 11) is 0. The number of piperidine rings is 1. The van der Waals surface area contributed by atoms with Gasteiger partial charge in [-0.15, -0.1) is 11.6 Å². The lowest BCUT2D eigenvalue weighted by Gasteiger charge is -2.33. The summed E-state index contributed by atoms with van der Waals surface area (Å²) < 4.78 is 11.2. The molecule has 0 saturated carbocycles. The summed E-state index contributed by atoms with van der Waals surface area (Å²) in [6, 6.07) is 5.49. The Balaban J connectivity index is 1.75. The van der Waals surface area contributed by atoms with Crippen molar-refractivity contribution in [3.63, 3.8) is 0 Å². The number of nitrogens with zero attached hydrogens (tertiary/aromatic N) is 1. The summed E-state index contributed by atoms with van der Waals surface area (Å²) in [6.07, 6.45) is 1.92. The summed E-state index contributed by atoms with van der Waals surface area (Å²) in [5.74, 6) is 1.77. The molecule has 5 heteroatoms. The molecular formula is C16H20ClNO3. The van der Waals surface area contributed by atoms with E-state index < -0.39 is 0 Å². The second kappa shape index (κ2) is 6.14. The van der Waals surface area contributed by atoms with Gasteiger partial charge in [-0.2, -0.15) is 0 Å².